The molecule has 1 aliphatic rings. The number of benzene rings is 1. The van der Waals surface area contributed by atoms with Crippen LogP contribution in [0.1, 0.15) is 18.1 Å². The van der Waals surface area contributed by atoms with Crippen molar-refractivity contribution >= 4 is 38.9 Å². The number of halogens is 1. The molecule has 8 heteroatoms. The van der Waals surface area contributed by atoms with Gasteiger partial charge in [0.15, 0.2) is 0 Å². The predicted molar refractivity (Wildman–Crippen MR) is 94.7 cm³/mol. The summed E-state index contributed by atoms with van der Waals surface area (Å²) in [5.74, 6) is -0.226. The maximum atomic E-state index is 12.6. The minimum Gasteiger partial charge on any atom is -0.337 e. The first kappa shape index (κ1) is 17.4. The fourth-order valence-electron chi connectivity index (χ4n) is 2.74. The molecule has 0 spiro atoms. The molecule has 1 aromatic heterocycles. The highest BCUT2D eigenvalue weighted by Gasteiger charge is 2.28. The summed E-state index contributed by atoms with van der Waals surface area (Å²) in [5, 5.41) is 0. The van der Waals surface area contributed by atoms with Gasteiger partial charge < -0.3 is 4.90 Å². The molecule has 0 fully saturated rings. The molecule has 1 N–H and O–H groups in total. The van der Waals surface area contributed by atoms with Gasteiger partial charge in [0.2, 0.25) is 5.91 Å². The molecule has 0 saturated heterocycles. The van der Waals surface area contributed by atoms with Gasteiger partial charge in [0.1, 0.15) is 4.21 Å². The highest BCUT2D eigenvalue weighted by molar-refractivity contribution is 7.91. The second-order valence-electron chi connectivity index (χ2n) is 5.68. The summed E-state index contributed by atoms with van der Waals surface area (Å²) in [6.45, 7) is 2.66. The summed E-state index contributed by atoms with van der Waals surface area (Å²) >= 11 is 6.75. The Hall–Kier alpha value is -1.41. The van der Waals surface area contributed by atoms with Crippen LogP contribution in [0.25, 0.3) is 0 Å². The van der Waals surface area contributed by atoms with Gasteiger partial charge in [0.05, 0.1) is 10.4 Å². The number of carbonyl (C=O) groups excluding carboxylic acids is 1. The highest BCUT2D eigenvalue weighted by Crippen LogP contribution is 2.26. The Labute approximate surface area is 150 Å². The summed E-state index contributed by atoms with van der Waals surface area (Å²) in [6, 6.07) is 10.1. The molecular weight excluding hydrogens is 368 g/mol. The lowest BCUT2D eigenvalue weighted by molar-refractivity contribution is -0.133. The van der Waals surface area contributed by atoms with Gasteiger partial charge in [-0.25, -0.2) is 8.42 Å². The van der Waals surface area contributed by atoms with E-state index in [0.29, 0.717) is 17.4 Å². The normalized spacial score (nSPS) is 15.8. The molecule has 2 aromatic rings. The largest absolute Gasteiger partial charge is 0.337 e. The zero-order valence-corrected chi connectivity index (χ0v) is 15.4. The quantitative estimate of drug-likeness (QED) is 0.881. The van der Waals surface area contributed by atoms with Crippen molar-refractivity contribution in [2.75, 3.05) is 6.54 Å². The van der Waals surface area contributed by atoms with Gasteiger partial charge >= 0.3 is 0 Å². The van der Waals surface area contributed by atoms with E-state index in [0.717, 1.165) is 23.3 Å². The van der Waals surface area contributed by atoms with Gasteiger partial charge in [-0.15, -0.1) is 11.3 Å². The van der Waals surface area contributed by atoms with E-state index in [1.54, 1.807) is 11.8 Å². The van der Waals surface area contributed by atoms with Crippen molar-refractivity contribution in [3.63, 3.8) is 0 Å². The Morgan fingerprint density at radius 3 is 2.62 bits per heavy atom. The molecule has 1 amide bonds. The number of nitrogens with zero attached hydrogens (tertiary/aromatic N) is 1. The Bertz CT molecular complexity index is 864. The van der Waals surface area contributed by atoms with Crippen LogP contribution in [0.2, 0.25) is 4.34 Å². The fraction of sp³-hybridized carbons (Fsp3) is 0.312. The lowest BCUT2D eigenvalue weighted by Gasteiger charge is -2.31. The minimum atomic E-state index is -3.75. The first-order chi connectivity index (χ1) is 11.4. The van der Waals surface area contributed by atoms with Gasteiger partial charge in [-0.3, -0.25) is 4.79 Å². The van der Waals surface area contributed by atoms with Crippen molar-refractivity contribution in [3.05, 3.63) is 51.9 Å². The number of amides is 1. The van der Waals surface area contributed by atoms with Crippen LogP contribution in [-0.4, -0.2) is 31.8 Å². The molecule has 0 bridgehead atoms. The number of fused-ring (bicyclic) bond motifs is 1. The predicted octanol–water partition coefficient (Wildman–Crippen LogP) is 2.65. The van der Waals surface area contributed by atoms with Crippen LogP contribution in [0.15, 0.2) is 40.6 Å². The van der Waals surface area contributed by atoms with Gasteiger partial charge in [-0.2, -0.15) is 4.72 Å². The fourth-order valence-corrected chi connectivity index (χ4v) is 5.44. The van der Waals surface area contributed by atoms with Crippen LogP contribution >= 0.6 is 22.9 Å². The van der Waals surface area contributed by atoms with Crippen LogP contribution in [0.4, 0.5) is 0 Å². The van der Waals surface area contributed by atoms with E-state index in [4.69, 9.17) is 11.6 Å². The molecule has 3 rings (SSSR count). The van der Waals surface area contributed by atoms with E-state index in [1.165, 1.54) is 17.7 Å². The van der Waals surface area contributed by atoms with Crippen LogP contribution in [0, 0.1) is 0 Å². The van der Waals surface area contributed by atoms with Crippen molar-refractivity contribution in [2.45, 2.75) is 30.1 Å². The smallest absolute Gasteiger partial charge is 0.250 e. The van der Waals surface area contributed by atoms with E-state index in [1.807, 2.05) is 18.2 Å². The Morgan fingerprint density at radius 2 is 1.96 bits per heavy atom. The second-order valence-corrected chi connectivity index (χ2v) is 9.34. The molecule has 24 heavy (non-hydrogen) atoms. The molecule has 128 valence electrons. The van der Waals surface area contributed by atoms with Gasteiger partial charge in [-0.1, -0.05) is 35.9 Å². The Kier molecular flexibility index (Phi) is 4.96. The van der Waals surface area contributed by atoms with Crippen molar-refractivity contribution in [1.29, 1.82) is 0 Å². The van der Waals surface area contributed by atoms with Crippen molar-refractivity contribution in [2.24, 2.45) is 0 Å². The molecule has 5 nitrogen and oxygen atoms in total. The number of sulfonamides is 1. The van der Waals surface area contributed by atoms with E-state index in [9.17, 15) is 13.2 Å². The molecule has 0 radical (unpaired) electrons. The number of carbonyl (C=O) groups is 1. The summed E-state index contributed by atoms with van der Waals surface area (Å²) in [4.78, 5) is 14.3. The maximum Gasteiger partial charge on any atom is 0.250 e. The summed E-state index contributed by atoms with van der Waals surface area (Å²) in [6.07, 6.45) is 0.780. The third-order valence-corrected chi connectivity index (χ3v) is 7.22. The van der Waals surface area contributed by atoms with Gasteiger partial charge in [0.25, 0.3) is 10.0 Å². The minimum absolute atomic E-state index is 0.108. The number of nitrogens with one attached hydrogen (secondary N) is 1. The Morgan fingerprint density at radius 1 is 1.25 bits per heavy atom. The van der Waals surface area contributed by atoms with Crippen LogP contribution in [-0.2, 0) is 27.8 Å². The zero-order chi connectivity index (χ0) is 17.3. The average molecular weight is 385 g/mol. The third-order valence-electron chi connectivity index (χ3n) is 3.96. The van der Waals surface area contributed by atoms with Crippen LogP contribution in [0.3, 0.4) is 0 Å². The van der Waals surface area contributed by atoms with E-state index < -0.39 is 16.1 Å². The second kappa shape index (κ2) is 6.84. The molecule has 2 heterocycles. The number of hydrogen-bond acceptors (Lipinski definition) is 4. The average Bonchev–Trinajstić information content (AvgIpc) is 3.00. The number of rotatable bonds is 4. The lowest BCUT2D eigenvalue weighted by Crippen LogP contribution is -2.48. The SMILES string of the molecule is C[C@H](NS(=O)(=O)c1ccc(Cl)s1)C(=O)N1CCc2ccccc2C1. The molecule has 1 aliphatic heterocycles. The van der Waals surface area contributed by atoms with Crippen molar-refractivity contribution in [3.8, 4) is 0 Å². The van der Waals surface area contributed by atoms with Crippen LogP contribution < -0.4 is 4.72 Å². The molecular formula is C16H17ClN2O3S2. The molecule has 0 unspecified atom stereocenters. The zero-order valence-electron chi connectivity index (χ0n) is 13.0. The van der Waals surface area contributed by atoms with Crippen molar-refractivity contribution < 1.29 is 13.2 Å². The van der Waals surface area contributed by atoms with Crippen molar-refractivity contribution in [1.82, 2.24) is 9.62 Å². The number of hydrogen-bond donors (Lipinski definition) is 1. The van der Waals surface area contributed by atoms with E-state index >= 15 is 0 Å². The van der Waals surface area contributed by atoms with Crippen LogP contribution in [0.5, 0.6) is 0 Å². The highest BCUT2D eigenvalue weighted by atomic mass is 35.5. The number of thiophene rings is 1. The molecule has 1 atom stereocenters. The van der Waals surface area contributed by atoms with Gasteiger partial charge in [-0.05, 0) is 36.6 Å². The third kappa shape index (κ3) is 3.64. The lowest BCUT2D eigenvalue weighted by atomic mass is 9.99. The standard InChI is InChI=1S/C16H17ClN2O3S2/c1-11(18-24(21,22)15-7-6-14(17)23-15)16(20)19-9-8-12-4-2-3-5-13(12)10-19/h2-7,11,18H,8-10H2,1H3/t11-/m0/s1. The van der Waals surface area contributed by atoms with E-state index in [-0.39, 0.29) is 10.1 Å². The summed E-state index contributed by atoms with van der Waals surface area (Å²) in [7, 11) is -3.75. The monoisotopic (exact) mass is 384 g/mol. The molecule has 0 saturated carbocycles. The summed E-state index contributed by atoms with van der Waals surface area (Å²) in [5.41, 5.74) is 2.35. The van der Waals surface area contributed by atoms with E-state index in [2.05, 4.69) is 10.8 Å². The first-order valence-electron chi connectivity index (χ1n) is 7.50. The molecule has 0 aliphatic carbocycles. The summed E-state index contributed by atoms with van der Waals surface area (Å²) < 4.78 is 27.6. The maximum absolute atomic E-state index is 12.6. The first-order valence-corrected chi connectivity index (χ1v) is 10.2. The molecule has 1 aromatic carbocycles. The topological polar surface area (TPSA) is 66.5 Å². The Balaban J connectivity index is 1.69. The van der Waals surface area contributed by atoms with Gasteiger partial charge in [0, 0.05) is 13.1 Å².